The summed E-state index contributed by atoms with van der Waals surface area (Å²) in [4.78, 5) is 0. The quantitative estimate of drug-likeness (QED) is 0.175. The number of benzene rings is 8. The predicted molar refractivity (Wildman–Crippen MR) is 215 cm³/mol. The molecule has 0 saturated heterocycles. The van der Waals surface area contributed by atoms with Crippen molar-refractivity contribution in [2.75, 3.05) is 0 Å². The summed E-state index contributed by atoms with van der Waals surface area (Å²) in [6, 6.07) is 64.7. The van der Waals surface area contributed by atoms with Gasteiger partial charge in [-0.05, 0) is 87.5 Å². The normalized spacial score (nSPS) is 12.5. The van der Waals surface area contributed by atoms with E-state index in [2.05, 4.69) is 187 Å². The molecule has 242 valence electrons. The first kappa shape index (κ1) is 29.0. The second kappa shape index (κ2) is 11.4. The monoisotopic (exact) mass is 663 g/mol. The molecule has 0 aliphatic carbocycles. The molecule has 9 aromatic rings. The van der Waals surface area contributed by atoms with Crippen LogP contribution in [0.25, 0.3) is 72.0 Å². The number of hydrogen-bond donors (Lipinski definition) is 0. The van der Waals surface area contributed by atoms with Crippen molar-refractivity contribution in [3.63, 3.8) is 0 Å². The number of ether oxygens (including phenoxy) is 1. The van der Waals surface area contributed by atoms with E-state index in [4.69, 9.17) is 9.39 Å². The first-order valence-corrected chi connectivity index (χ1v) is 17.8. The zero-order valence-electron chi connectivity index (χ0n) is 28.2. The van der Waals surface area contributed by atoms with Crippen molar-refractivity contribution in [3.8, 4) is 67.4 Å². The van der Waals surface area contributed by atoms with E-state index in [1.807, 2.05) is 0 Å². The lowest BCUT2D eigenvalue weighted by atomic mass is 9.51. The Bertz CT molecular complexity index is 2800. The molecule has 8 aromatic carbocycles. The third-order valence-electron chi connectivity index (χ3n) is 10.7. The van der Waals surface area contributed by atoms with Crippen LogP contribution in [0, 0.1) is 0 Å². The Hall–Kier alpha value is -6.78. The second-order valence-electron chi connectivity index (χ2n) is 13.6. The van der Waals surface area contributed by atoms with Crippen LogP contribution in [-0.4, -0.2) is 11.5 Å². The van der Waals surface area contributed by atoms with Gasteiger partial charge in [-0.15, -0.1) is 0 Å². The predicted octanol–water partition coefficient (Wildman–Crippen LogP) is 11.1. The highest BCUT2D eigenvalue weighted by molar-refractivity contribution is 6.84. The van der Waals surface area contributed by atoms with Crippen LogP contribution >= 0.6 is 0 Å². The fraction of sp³-hybridized carbons (Fsp3) is 0. The van der Waals surface area contributed by atoms with Crippen LogP contribution in [0.4, 0.5) is 0 Å². The van der Waals surface area contributed by atoms with Gasteiger partial charge in [0, 0.05) is 32.9 Å². The Morgan fingerprint density at radius 1 is 0.385 bits per heavy atom. The molecular weight excluding hydrogens is 633 g/mol. The van der Waals surface area contributed by atoms with Crippen molar-refractivity contribution in [1.29, 1.82) is 0 Å². The largest absolute Gasteiger partial charge is 0.551 e. The van der Waals surface area contributed by atoms with E-state index in [1.165, 1.54) is 32.9 Å². The fourth-order valence-electron chi connectivity index (χ4n) is 8.22. The maximum atomic E-state index is 6.93. The van der Waals surface area contributed by atoms with Crippen LogP contribution in [0.15, 0.2) is 182 Å². The van der Waals surface area contributed by atoms with Crippen molar-refractivity contribution in [2.45, 2.75) is 0 Å². The topological polar surface area (TPSA) is 23.4 Å². The lowest BCUT2D eigenvalue weighted by molar-refractivity contribution is 0.479. The molecule has 0 unspecified atom stereocenters. The van der Waals surface area contributed by atoms with E-state index in [0.717, 1.165) is 67.2 Å². The van der Waals surface area contributed by atoms with Gasteiger partial charge in [0.1, 0.15) is 17.2 Å². The van der Waals surface area contributed by atoms with E-state index < -0.39 is 0 Å². The summed E-state index contributed by atoms with van der Waals surface area (Å²) in [6.07, 6.45) is 0. The van der Waals surface area contributed by atoms with Crippen LogP contribution < -0.4 is 20.3 Å². The molecule has 0 saturated carbocycles. The van der Waals surface area contributed by atoms with Crippen molar-refractivity contribution >= 4 is 39.6 Å². The lowest BCUT2D eigenvalue weighted by Crippen LogP contribution is -2.53. The molecule has 0 spiro atoms. The summed E-state index contributed by atoms with van der Waals surface area (Å²) in [5.74, 6) is 2.56. The van der Waals surface area contributed by atoms with E-state index in [9.17, 15) is 0 Å². The van der Waals surface area contributed by atoms with Crippen molar-refractivity contribution in [2.24, 2.45) is 0 Å². The van der Waals surface area contributed by atoms with Gasteiger partial charge in [-0.1, -0.05) is 133 Å². The van der Waals surface area contributed by atoms with Gasteiger partial charge in [0.15, 0.2) is 0 Å². The minimum Gasteiger partial charge on any atom is -0.551 e. The zero-order valence-corrected chi connectivity index (χ0v) is 28.2. The molecule has 3 nitrogen and oxygen atoms in total. The smallest absolute Gasteiger partial charge is 0.434 e. The summed E-state index contributed by atoms with van der Waals surface area (Å²) < 4.78 is 15.9. The van der Waals surface area contributed by atoms with Gasteiger partial charge in [0.2, 0.25) is 0 Å². The average molecular weight is 664 g/mol. The van der Waals surface area contributed by atoms with Crippen molar-refractivity contribution in [3.05, 3.63) is 182 Å². The SMILES string of the molecule is c1ccc(-c2cccc(-c3ccc4c(c3)OB3c5ccc(-c6ccc(-n7c8ccccc8c8ccccc87)cc6)cc5Oc5cccc-4c53)c2)cc1. The van der Waals surface area contributed by atoms with Crippen LogP contribution in [-0.2, 0) is 0 Å². The number of hydrogen-bond acceptors (Lipinski definition) is 2. The summed E-state index contributed by atoms with van der Waals surface area (Å²) in [6.45, 7) is -0.264. The van der Waals surface area contributed by atoms with Crippen LogP contribution in [0.5, 0.6) is 17.2 Å². The zero-order chi connectivity index (χ0) is 34.2. The maximum absolute atomic E-state index is 6.93. The molecule has 11 rings (SSSR count). The summed E-state index contributed by atoms with van der Waals surface area (Å²) in [7, 11) is 0. The Labute approximate surface area is 302 Å². The van der Waals surface area contributed by atoms with E-state index in [-0.39, 0.29) is 6.92 Å². The molecule has 0 radical (unpaired) electrons. The molecule has 52 heavy (non-hydrogen) atoms. The summed E-state index contributed by atoms with van der Waals surface area (Å²) in [5.41, 5.74) is 14.8. The minimum absolute atomic E-state index is 0.264. The number of para-hydroxylation sites is 2. The Morgan fingerprint density at radius 2 is 0.962 bits per heavy atom. The Morgan fingerprint density at radius 3 is 1.75 bits per heavy atom. The third-order valence-corrected chi connectivity index (χ3v) is 10.7. The number of aromatic nitrogens is 1. The van der Waals surface area contributed by atoms with Gasteiger partial charge in [-0.25, -0.2) is 0 Å². The van der Waals surface area contributed by atoms with Gasteiger partial charge in [-0.2, -0.15) is 0 Å². The Kier molecular flexibility index (Phi) is 6.35. The van der Waals surface area contributed by atoms with Gasteiger partial charge in [-0.3, -0.25) is 0 Å². The summed E-state index contributed by atoms with van der Waals surface area (Å²) >= 11 is 0. The molecule has 0 fully saturated rings. The standard InChI is InChI=1S/C48H30BNO2/c1-2-10-31(11-3-1)33-12-8-13-34(28-33)36-22-26-40-41-16-9-19-45-48(41)49(52-46(40)29-36)42-27-23-35(30-47(42)51-45)32-20-24-37(25-21-32)50-43-17-6-4-14-38(43)39-15-5-7-18-44(39)50/h1-30H. The van der Waals surface area contributed by atoms with Gasteiger partial charge >= 0.3 is 6.92 Å². The number of fused-ring (bicyclic) bond motifs is 7. The highest BCUT2D eigenvalue weighted by Gasteiger charge is 2.40. The fourth-order valence-corrected chi connectivity index (χ4v) is 8.22. The first-order valence-electron chi connectivity index (χ1n) is 17.8. The molecule has 4 heteroatoms. The molecule has 0 atom stereocenters. The van der Waals surface area contributed by atoms with Crippen LogP contribution in [0.2, 0.25) is 0 Å². The van der Waals surface area contributed by atoms with E-state index >= 15 is 0 Å². The van der Waals surface area contributed by atoms with Gasteiger partial charge in [0.05, 0.1) is 11.0 Å². The second-order valence-corrected chi connectivity index (χ2v) is 13.6. The molecule has 1 aromatic heterocycles. The van der Waals surface area contributed by atoms with Crippen LogP contribution in [0.3, 0.4) is 0 Å². The summed E-state index contributed by atoms with van der Waals surface area (Å²) in [5, 5.41) is 2.52. The average Bonchev–Trinajstić information content (AvgIpc) is 3.55. The van der Waals surface area contributed by atoms with Crippen LogP contribution in [0.1, 0.15) is 0 Å². The third kappa shape index (κ3) is 4.48. The first-order chi connectivity index (χ1) is 25.8. The lowest BCUT2D eigenvalue weighted by Gasteiger charge is -2.33. The maximum Gasteiger partial charge on any atom is 0.434 e. The minimum atomic E-state index is -0.264. The molecule has 3 heterocycles. The molecule has 2 aliphatic heterocycles. The highest BCUT2D eigenvalue weighted by atomic mass is 16.5. The van der Waals surface area contributed by atoms with Crippen molar-refractivity contribution in [1.82, 2.24) is 4.57 Å². The van der Waals surface area contributed by atoms with E-state index in [1.54, 1.807) is 0 Å². The molecule has 0 bridgehead atoms. The van der Waals surface area contributed by atoms with Gasteiger partial charge in [0.25, 0.3) is 0 Å². The van der Waals surface area contributed by atoms with Gasteiger partial charge < -0.3 is 14.0 Å². The molecule has 0 N–H and O–H groups in total. The molecular formula is C48H30BNO2. The highest BCUT2D eigenvalue weighted by Crippen LogP contribution is 2.42. The molecule has 0 amide bonds. The van der Waals surface area contributed by atoms with Crippen molar-refractivity contribution < 1.29 is 9.39 Å². The molecule has 2 aliphatic rings. The number of nitrogens with zero attached hydrogens (tertiary/aromatic N) is 1. The van der Waals surface area contributed by atoms with E-state index in [0.29, 0.717) is 0 Å². The number of rotatable bonds is 4. The Balaban J connectivity index is 0.943.